The SMILES string of the molecule is CCCCC[C@@H](O)/C=C/C(=O)O. The van der Waals surface area contributed by atoms with E-state index in [1.54, 1.807) is 0 Å². The van der Waals surface area contributed by atoms with Gasteiger partial charge in [0.2, 0.25) is 0 Å². The third-order valence-electron chi connectivity index (χ3n) is 1.56. The summed E-state index contributed by atoms with van der Waals surface area (Å²) in [5, 5.41) is 17.4. The monoisotopic (exact) mass is 172 g/mol. The molecule has 0 bridgehead atoms. The minimum Gasteiger partial charge on any atom is -0.478 e. The Morgan fingerprint density at radius 3 is 2.67 bits per heavy atom. The lowest BCUT2D eigenvalue weighted by Gasteiger charge is -2.02. The van der Waals surface area contributed by atoms with Crippen LogP contribution in [-0.2, 0) is 4.79 Å². The molecule has 12 heavy (non-hydrogen) atoms. The van der Waals surface area contributed by atoms with Gasteiger partial charge in [0.05, 0.1) is 6.10 Å². The largest absolute Gasteiger partial charge is 0.478 e. The molecule has 1 atom stereocenters. The standard InChI is InChI=1S/C9H16O3/c1-2-3-4-5-8(10)6-7-9(11)12/h6-8,10H,2-5H2,1H3,(H,11,12)/b7-6+/t8-/m1/s1. The molecule has 0 spiro atoms. The maximum absolute atomic E-state index is 10.0. The van der Waals surface area contributed by atoms with E-state index in [1.807, 2.05) is 0 Å². The van der Waals surface area contributed by atoms with Crippen molar-refractivity contribution in [3.63, 3.8) is 0 Å². The highest BCUT2D eigenvalue weighted by Crippen LogP contribution is 2.03. The van der Waals surface area contributed by atoms with E-state index >= 15 is 0 Å². The lowest BCUT2D eigenvalue weighted by Crippen LogP contribution is -2.02. The Morgan fingerprint density at radius 1 is 1.50 bits per heavy atom. The lowest BCUT2D eigenvalue weighted by molar-refractivity contribution is -0.131. The number of carboxylic acids is 1. The topological polar surface area (TPSA) is 57.5 Å². The molecule has 70 valence electrons. The zero-order valence-corrected chi connectivity index (χ0v) is 7.36. The molecule has 0 saturated carbocycles. The summed E-state index contributed by atoms with van der Waals surface area (Å²) >= 11 is 0. The van der Waals surface area contributed by atoms with Crippen LogP contribution >= 0.6 is 0 Å². The van der Waals surface area contributed by atoms with Crippen LogP contribution in [0.2, 0.25) is 0 Å². The predicted octanol–water partition coefficient (Wildman–Crippen LogP) is 1.57. The van der Waals surface area contributed by atoms with Crippen LogP contribution in [0.4, 0.5) is 0 Å². The fourth-order valence-electron chi connectivity index (χ4n) is 0.893. The van der Waals surface area contributed by atoms with Crippen LogP contribution in [0.3, 0.4) is 0 Å². The van der Waals surface area contributed by atoms with E-state index in [9.17, 15) is 9.90 Å². The van der Waals surface area contributed by atoms with Crippen molar-refractivity contribution < 1.29 is 15.0 Å². The number of aliphatic hydroxyl groups excluding tert-OH is 1. The zero-order chi connectivity index (χ0) is 9.40. The van der Waals surface area contributed by atoms with Crippen molar-refractivity contribution in [2.45, 2.75) is 38.7 Å². The molecule has 0 unspecified atom stereocenters. The molecular formula is C9H16O3. The number of hydrogen-bond acceptors (Lipinski definition) is 2. The van der Waals surface area contributed by atoms with Crippen LogP contribution in [0.5, 0.6) is 0 Å². The van der Waals surface area contributed by atoms with Crippen molar-refractivity contribution in [2.24, 2.45) is 0 Å². The van der Waals surface area contributed by atoms with Crippen LogP contribution in [0.15, 0.2) is 12.2 Å². The third kappa shape index (κ3) is 7.28. The van der Waals surface area contributed by atoms with Crippen molar-refractivity contribution in [1.82, 2.24) is 0 Å². The van der Waals surface area contributed by atoms with Gasteiger partial charge in [-0.2, -0.15) is 0 Å². The van der Waals surface area contributed by atoms with Crippen LogP contribution in [0.1, 0.15) is 32.6 Å². The fraction of sp³-hybridized carbons (Fsp3) is 0.667. The molecule has 0 aromatic heterocycles. The first-order chi connectivity index (χ1) is 5.66. The van der Waals surface area contributed by atoms with Crippen LogP contribution in [0, 0.1) is 0 Å². The smallest absolute Gasteiger partial charge is 0.328 e. The third-order valence-corrected chi connectivity index (χ3v) is 1.56. The van der Waals surface area contributed by atoms with E-state index in [0.717, 1.165) is 25.3 Å². The molecule has 0 radical (unpaired) electrons. The van der Waals surface area contributed by atoms with Gasteiger partial charge in [0.15, 0.2) is 0 Å². The van der Waals surface area contributed by atoms with Gasteiger partial charge in [-0.25, -0.2) is 4.79 Å². The summed E-state index contributed by atoms with van der Waals surface area (Å²) in [5.74, 6) is -1.01. The second kappa shape index (κ2) is 6.85. The van der Waals surface area contributed by atoms with Gasteiger partial charge in [0.25, 0.3) is 0 Å². The van der Waals surface area contributed by atoms with Crippen molar-refractivity contribution in [2.75, 3.05) is 0 Å². The van der Waals surface area contributed by atoms with Crippen molar-refractivity contribution in [1.29, 1.82) is 0 Å². The number of unbranched alkanes of at least 4 members (excludes halogenated alkanes) is 2. The first-order valence-electron chi connectivity index (χ1n) is 4.26. The highest BCUT2D eigenvalue weighted by Gasteiger charge is 1.98. The number of carbonyl (C=O) groups is 1. The average molecular weight is 172 g/mol. The van der Waals surface area contributed by atoms with Gasteiger partial charge in [-0.15, -0.1) is 0 Å². The Bertz CT molecular complexity index is 152. The molecule has 0 aromatic rings. The van der Waals surface area contributed by atoms with Gasteiger partial charge in [0.1, 0.15) is 0 Å². The molecule has 0 amide bonds. The number of aliphatic carboxylic acids is 1. The molecular weight excluding hydrogens is 156 g/mol. The van der Waals surface area contributed by atoms with Crippen molar-refractivity contribution in [3.05, 3.63) is 12.2 Å². The summed E-state index contributed by atoms with van der Waals surface area (Å²) in [5.41, 5.74) is 0. The quantitative estimate of drug-likeness (QED) is 0.472. The van der Waals surface area contributed by atoms with Gasteiger partial charge < -0.3 is 10.2 Å². The summed E-state index contributed by atoms with van der Waals surface area (Å²) in [6.07, 6.45) is 5.48. The minimum absolute atomic E-state index is 0.604. The van der Waals surface area contributed by atoms with E-state index < -0.39 is 12.1 Å². The predicted molar refractivity (Wildman–Crippen MR) is 46.9 cm³/mol. The molecule has 0 fully saturated rings. The summed E-state index contributed by atoms with van der Waals surface area (Å²) in [4.78, 5) is 10.0. The van der Waals surface area contributed by atoms with E-state index in [0.29, 0.717) is 6.42 Å². The molecule has 3 heteroatoms. The Labute approximate surface area is 72.7 Å². The van der Waals surface area contributed by atoms with Crippen LogP contribution < -0.4 is 0 Å². The summed E-state index contributed by atoms with van der Waals surface area (Å²) in [6, 6.07) is 0. The van der Waals surface area contributed by atoms with Crippen molar-refractivity contribution >= 4 is 5.97 Å². The molecule has 0 aliphatic carbocycles. The Kier molecular flexibility index (Phi) is 6.38. The maximum Gasteiger partial charge on any atom is 0.328 e. The lowest BCUT2D eigenvalue weighted by atomic mass is 10.1. The van der Waals surface area contributed by atoms with Gasteiger partial charge >= 0.3 is 5.97 Å². The Balaban J connectivity index is 3.45. The Morgan fingerprint density at radius 2 is 2.17 bits per heavy atom. The van der Waals surface area contributed by atoms with Crippen LogP contribution in [0.25, 0.3) is 0 Å². The highest BCUT2D eigenvalue weighted by molar-refractivity contribution is 5.79. The number of aliphatic hydroxyl groups is 1. The first-order valence-corrected chi connectivity index (χ1v) is 4.26. The maximum atomic E-state index is 10.0. The molecule has 0 aliphatic heterocycles. The summed E-state index contributed by atoms with van der Waals surface area (Å²) in [7, 11) is 0. The van der Waals surface area contributed by atoms with Gasteiger partial charge in [-0.3, -0.25) is 0 Å². The number of rotatable bonds is 6. The van der Waals surface area contributed by atoms with Crippen LogP contribution in [-0.4, -0.2) is 22.3 Å². The van der Waals surface area contributed by atoms with Gasteiger partial charge in [-0.1, -0.05) is 26.2 Å². The van der Waals surface area contributed by atoms with E-state index in [2.05, 4.69) is 6.92 Å². The molecule has 0 aromatic carbocycles. The second-order valence-corrected chi connectivity index (χ2v) is 2.76. The second-order valence-electron chi connectivity index (χ2n) is 2.76. The molecule has 0 saturated heterocycles. The average Bonchev–Trinajstić information content (AvgIpc) is 2.01. The number of carboxylic acid groups (broad SMARTS) is 1. The molecule has 2 N–H and O–H groups in total. The fourth-order valence-corrected chi connectivity index (χ4v) is 0.893. The highest BCUT2D eigenvalue weighted by atomic mass is 16.4. The molecule has 3 nitrogen and oxygen atoms in total. The van der Waals surface area contributed by atoms with E-state index in [-0.39, 0.29) is 0 Å². The molecule has 0 aliphatic rings. The number of hydrogen-bond donors (Lipinski definition) is 2. The van der Waals surface area contributed by atoms with Gasteiger partial charge in [-0.05, 0) is 12.5 Å². The normalized spacial score (nSPS) is 13.5. The Hall–Kier alpha value is -0.830. The summed E-state index contributed by atoms with van der Waals surface area (Å²) in [6.45, 7) is 2.08. The van der Waals surface area contributed by atoms with E-state index in [1.165, 1.54) is 6.08 Å². The van der Waals surface area contributed by atoms with Crippen molar-refractivity contribution in [3.8, 4) is 0 Å². The molecule has 0 rings (SSSR count). The minimum atomic E-state index is -1.01. The van der Waals surface area contributed by atoms with E-state index in [4.69, 9.17) is 5.11 Å². The summed E-state index contributed by atoms with van der Waals surface area (Å²) < 4.78 is 0. The zero-order valence-electron chi connectivity index (χ0n) is 7.36. The van der Waals surface area contributed by atoms with Gasteiger partial charge in [0, 0.05) is 6.08 Å². The first kappa shape index (κ1) is 11.2. The molecule has 0 heterocycles.